The maximum atomic E-state index is 13.6. The number of halogens is 3. The van der Waals surface area contributed by atoms with Gasteiger partial charge in [0.05, 0.1) is 33.5 Å². The van der Waals surface area contributed by atoms with Crippen LogP contribution in [0.2, 0.25) is 0 Å². The number of amides is 1. The maximum absolute atomic E-state index is 13.6. The fraction of sp³-hybridized carbons (Fsp3) is 0.444. The van der Waals surface area contributed by atoms with Crippen molar-refractivity contribution >= 4 is 28.3 Å². The summed E-state index contributed by atoms with van der Waals surface area (Å²) in [5.41, 5.74) is 1.78. The number of hydrogen-bond acceptors (Lipinski definition) is 6. The molecule has 1 saturated heterocycles. The zero-order valence-corrected chi connectivity index (χ0v) is 16.0. The van der Waals surface area contributed by atoms with Crippen molar-refractivity contribution in [3.05, 3.63) is 39.1 Å². The molecule has 1 fully saturated rings. The molecular weight excluding hydrogens is 393 g/mol. The highest BCUT2D eigenvalue weighted by atomic mass is 32.1. The molecule has 0 aromatic carbocycles. The fourth-order valence-electron chi connectivity index (χ4n) is 3.60. The number of aryl methyl sites for hydroxylation is 2. The Morgan fingerprint density at radius 1 is 1.32 bits per heavy atom. The van der Waals surface area contributed by atoms with Gasteiger partial charge in [0.2, 0.25) is 0 Å². The Kier molecular flexibility index (Phi) is 4.60. The standard InChI is InChI=1S/C18H17F3N4O2S/c1-9-14-12(18(19,20)21)6-13(23-16(14)27-24-9)11-4-3-5-25(7-11)17(26)15-10(2)22-8-28-15/h6,8,11H,3-5,7H2,1-2H3/t11-/m0/s1. The normalized spacial score (nSPS) is 18.0. The van der Waals surface area contributed by atoms with Crippen LogP contribution in [-0.4, -0.2) is 39.0 Å². The quantitative estimate of drug-likeness (QED) is 0.629. The Morgan fingerprint density at radius 3 is 2.79 bits per heavy atom. The zero-order valence-electron chi connectivity index (χ0n) is 15.2. The van der Waals surface area contributed by atoms with E-state index in [0.717, 1.165) is 6.07 Å². The van der Waals surface area contributed by atoms with Gasteiger partial charge in [-0.25, -0.2) is 9.97 Å². The highest BCUT2D eigenvalue weighted by Crippen LogP contribution is 2.38. The van der Waals surface area contributed by atoms with E-state index in [0.29, 0.717) is 36.5 Å². The van der Waals surface area contributed by atoms with E-state index >= 15 is 0 Å². The minimum absolute atomic E-state index is 0.111. The first-order valence-electron chi connectivity index (χ1n) is 8.79. The molecule has 10 heteroatoms. The lowest BCUT2D eigenvalue weighted by atomic mass is 9.92. The van der Waals surface area contributed by atoms with Gasteiger partial charge < -0.3 is 9.42 Å². The van der Waals surface area contributed by atoms with Crippen molar-refractivity contribution in [3.8, 4) is 0 Å². The van der Waals surface area contributed by atoms with Gasteiger partial charge in [-0.05, 0) is 32.8 Å². The van der Waals surface area contributed by atoms with Crippen molar-refractivity contribution in [1.82, 2.24) is 20.0 Å². The number of hydrogen-bond donors (Lipinski definition) is 0. The van der Waals surface area contributed by atoms with Crippen molar-refractivity contribution in [3.63, 3.8) is 0 Å². The van der Waals surface area contributed by atoms with E-state index in [1.165, 1.54) is 18.3 Å². The number of nitrogens with zero attached hydrogens (tertiary/aromatic N) is 4. The van der Waals surface area contributed by atoms with Crippen LogP contribution in [0.4, 0.5) is 13.2 Å². The summed E-state index contributed by atoms with van der Waals surface area (Å²) in [5.74, 6) is -0.445. The molecule has 0 N–H and O–H groups in total. The summed E-state index contributed by atoms with van der Waals surface area (Å²) in [4.78, 5) is 23.4. The van der Waals surface area contributed by atoms with E-state index in [9.17, 15) is 18.0 Å². The van der Waals surface area contributed by atoms with Crippen LogP contribution in [0.3, 0.4) is 0 Å². The van der Waals surface area contributed by atoms with Crippen LogP contribution < -0.4 is 0 Å². The molecule has 0 aliphatic carbocycles. The SMILES string of the molecule is Cc1ncsc1C(=O)N1CCC[C@H](c2cc(C(F)(F)F)c3c(C)noc3n2)C1. The summed E-state index contributed by atoms with van der Waals surface area (Å²) in [5, 5.41) is 3.52. The van der Waals surface area contributed by atoms with Crippen LogP contribution >= 0.6 is 11.3 Å². The molecule has 0 saturated carbocycles. The van der Waals surface area contributed by atoms with Crippen LogP contribution in [-0.2, 0) is 6.18 Å². The van der Waals surface area contributed by atoms with Gasteiger partial charge in [-0.15, -0.1) is 11.3 Å². The third kappa shape index (κ3) is 3.25. The van der Waals surface area contributed by atoms with Gasteiger partial charge in [0.1, 0.15) is 4.88 Å². The van der Waals surface area contributed by atoms with Crippen molar-refractivity contribution in [1.29, 1.82) is 0 Å². The van der Waals surface area contributed by atoms with Crippen LogP contribution in [0.1, 0.15) is 51.1 Å². The molecule has 3 aromatic heterocycles. The van der Waals surface area contributed by atoms with Gasteiger partial charge in [-0.2, -0.15) is 13.2 Å². The average Bonchev–Trinajstić information content (AvgIpc) is 3.25. The van der Waals surface area contributed by atoms with E-state index in [4.69, 9.17) is 4.52 Å². The molecule has 1 aliphatic heterocycles. The predicted molar refractivity (Wildman–Crippen MR) is 96.3 cm³/mol. The van der Waals surface area contributed by atoms with Crippen LogP contribution in [0.25, 0.3) is 11.1 Å². The molecule has 3 aromatic rings. The lowest BCUT2D eigenvalue weighted by Crippen LogP contribution is -2.39. The predicted octanol–water partition coefficient (Wildman–Crippen LogP) is 4.33. The maximum Gasteiger partial charge on any atom is 0.417 e. The molecule has 1 atom stereocenters. The number of likely N-dealkylation sites (tertiary alicyclic amines) is 1. The van der Waals surface area contributed by atoms with Gasteiger partial charge in [0, 0.05) is 19.0 Å². The monoisotopic (exact) mass is 410 g/mol. The largest absolute Gasteiger partial charge is 0.417 e. The molecule has 1 amide bonds. The molecule has 6 nitrogen and oxygen atoms in total. The van der Waals surface area contributed by atoms with E-state index < -0.39 is 11.7 Å². The zero-order chi connectivity index (χ0) is 20.1. The molecule has 4 heterocycles. The summed E-state index contributed by atoms with van der Waals surface area (Å²) in [7, 11) is 0. The van der Waals surface area contributed by atoms with E-state index in [-0.39, 0.29) is 34.3 Å². The number of piperidine rings is 1. The van der Waals surface area contributed by atoms with E-state index in [1.54, 1.807) is 17.3 Å². The third-order valence-electron chi connectivity index (χ3n) is 5.01. The Bertz CT molecular complexity index is 1040. The Labute approximate surface area is 162 Å². The second kappa shape index (κ2) is 6.84. The Hall–Kier alpha value is -2.49. The molecule has 0 unspecified atom stereocenters. The number of carbonyl (C=O) groups excluding carboxylic acids is 1. The number of rotatable bonds is 2. The van der Waals surface area contributed by atoms with E-state index in [1.807, 2.05) is 0 Å². The number of pyridine rings is 1. The van der Waals surface area contributed by atoms with Crippen molar-refractivity contribution in [2.45, 2.75) is 38.8 Å². The van der Waals surface area contributed by atoms with Crippen molar-refractivity contribution in [2.75, 3.05) is 13.1 Å². The molecule has 0 bridgehead atoms. The molecule has 148 valence electrons. The minimum atomic E-state index is -4.55. The van der Waals surface area contributed by atoms with Gasteiger partial charge in [0.25, 0.3) is 11.6 Å². The number of alkyl halides is 3. The fourth-order valence-corrected chi connectivity index (χ4v) is 4.37. The molecular formula is C18H17F3N4O2S. The topological polar surface area (TPSA) is 72.1 Å². The first-order chi connectivity index (χ1) is 13.3. The summed E-state index contributed by atoms with van der Waals surface area (Å²) >= 11 is 1.27. The summed E-state index contributed by atoms with van der Waals surface area (Å²) in [6.07, 6.45) is -3.21. The lowest BCUT2D eigenvalue weighted by molar-refractivity contribution is -0.136. The highest BCUT2D eigenvalue weighted by molar-refractivity contribution is 7.11. The summed E-state index contributed by atoms with van der Waals surface area (Å²) < 4.78 is 45.8. The number of carbonyl (C=O) groups is 1. The highest BCUT2D eigenvalue weighted by Gasteiger charge is 2.37. The average molecular weight is 410 g/mol. The number of thiazole rings is 1. The Morgan fingerprint density at radius 2 is 2.11 bits per heavy atom. The number of fused-ring (bicyclic) bond motifs is 1. The van der Waals surface area contributed by atoms with Crippen molar-refractivity contribution < 1.29 is 22.5 Å². The third-order valence-corrected chi connectivity index (χ3v) is 5.93. The Balaban J connectivity index is 1.68. The second-order valence-electron chi connectivity index (χ2n) is 6.90. The van der Waals surface area contributed by atoms with Crippen molar-refractivity contribution in [2.24, 2.45) is 0 Å². The molecule has 1 aliphatic rings. The van der Waals surface area contributed by atoms with Gasteiger partial charge in [-0.1, -0.05) is 5.16 Å². The van der Waals surface area contributed by atoms with Crippen LogP contribution in [0, 0.1) is 13.8 Å². The first-order valence-corrected chi connectivity index (χ1v) is 9.67. The van der Waals surface area contributed by atoms with Gasteiger partial charge >= 0.3 is 6.18 Å². The second-order valence-corrected chi connectivity index (χ2v) is 7.75. The minimum Gasteiger partial charge on any atom is -0.337 e. The van der Waals surface area contributed by atoms with Crippen LogP contribution in [0.5, 0.6) is 0 Å². The number of aromatic nitrogens is 3. The van der Waals surface area contributed by atoms with E-state index in [2.05, 4.69) is 15.1 Å². The lowest BCUT2D eigenvalue weighted by Gasteiger charge is -2.32. The summed E-state index contributed by atoms with van der Waals surface area (Å²) in [6.45, 7) is 4.09. The smallest absolute Gasteiger partial charge is 0.337 e. The first kappa shape index (κ1) is 18.9. The van der Waals surface area contributed by atoms with Gasteiger partial charge in [0.15, 0.2) is 0 Å². The van der Waals surface area contributed by atoms with Crippen LogP contribution in [0.15, 0.2) is 16.1 Å². The molecule has 28 heavy (non-hydrogen) atoms. The summed E-state index contributed by atoms with van der Waals surface area (Å²) in [6, 6.07) is 1.07. The molecule has 0 spiro atoms. The van der Waals surface area contributed by atoms with Gasteiger partial charge in [-0.3, -0.25) is 4.79 Å². The molecule has 4 rings (SSSR count). The molecule has 0 radical (unpaired) electrons.